The Bertz CT molecular complexity index is 799. The van der Waals surface area contributed by atoms with Crippen molar-refractivity contribution in [2.75, 3.05) is 13.2 Å². The largest absolute Gasteiger partial charge is 0.459 e. The number of carbonyl (C=O) groups is 1. The van der Waals surface area contributed by atoms with Crippen molar-refractivity contribution in [2.45, 2.75) is 62.8 Å². The van der Waals surface area contributed by atoms with Crippen molar-refractivity contribution in [3.63, 3.8) is 0 Å². The minimum Gasteiger partial charge on any atom is -0.459 e. The van der Waals surface area contributed by atoms with Crippen molar-refractivity contribution in [1.29, 1.82) is 0 Å². The third kappa shape index (κ3) is 3.46. The van der Waals surface area contributed by atoms with Gasteiger partial charge in [0.1, 0.15) is 18.2 Å². The number of nitrogens with zero attached hydrogens (tertiary/aromatic N) is 3. The highest BCUT2D eigenvalue weighted by Gasteiger charge is 2.49. The monoisotopic (exact) mass is 386 g/mol. The Kier molecular flexibility index (Phi) is 4.90. The molecular formula is C20H26N4O4. The fourth-order valence-corrected chi connectivity index (χ4v) is 4.73. The number of nitrogens with one attached hydrogen (secondary N) is 1. The molecule has 28 heavy (non-hydrogen) atoms. The number of rotatable bonds is 5. The summed E-state index contributed by atoms with van der Waals surface area (Å²) in [5.41, 5.74) is 1.05. The Labute approximate surface area is 163 Å². The second-order valence-electron chi connectivity index (χ2n) is 8.12. The SMILES string of the molecule is O=C(N[C@H]1CO[C@H]2[C@@H]1OC[C@@H]2n1cc(CC2CCCCC2)nn1)c1ccco1. The van der Waals surface area contributed by atoms with Gasteiger partial charge in [-0.25, -0.2) is 4.68 Å². The van der Waals surface area contributed by atoms with Crippen LogP contribution in [-0.4, -0.2) is 52.4 Å². The lowest BCUT2D eigenvalue weighted by atomic mass is 9.86. The minimum absolute atomic E-state index is 0.0110. The lowest BCUT2D eigenvalue weighted by molar-refractivity contribution is 0.0612. The molecule has 1 N–H and O–H groups in total. The molecule has 8 heteroatoms. The lowest BCUT2D eigenvalue weighted by Gasteiger charge is -2.20. The van der Waals surface area contributed by atoms with Gasteiger partial charge in [-0.05, 0) is 24.5 Å². The smallest absolute Gasteiger partial charge is 0.287 e. The van der Waals surface area contributed by atoms with E-state index in [4.69, 9.17) is 13.9 Å². The molecule has 2 aromatic heterocycles. The molecule has 0 radical (unpaired) electrons. The first-order chi connectivity index (χ1) is 13.8. The van der Waals surface area contributed by atoms with E-state index in [0.29, 0.717) is 19.0 Å². The molecule has 150 valence electrons. The van der Waals surface area contributed by atoms with E-state index in [0.717, 1.165) is 18.0 Å². The highest BCUT2D eigenvalue weighted by atomic mass is 16.6. The van der Waals surface area contributed by atoms with E-state index in [2.05, 4.69) is 15.6 Å². The summed E-state index contributed by atoms with van der Waals surface area (Å²) in [6.45, 7) is 0.927. The predicted molar refractivity (Wildman–Crippen MR) is 98.8 cm³/mol. The average Bonchev–Trinajstić information content (AvgIpc) is 3.49. The van der Waals surface area contributed by atoms with Crippen LogP contribution in [0, 0.1) is 5.92 Å². The van der Waals surface area contributed by atoms with Crippen LogP contribution in [0.1, 0.15) is 54.4 Å². The van der Waals surface area contributed by atoms with E-state index in [1.807, 2.05) is 10.9 Å². The van der Waals surface area contributed by atoms with Crippen LogP contribution in [0.4, 0.5) is 0 Å². The number of amides is 1. The van der Waals surface area contributed by atoms with Gasteiger partial charge in [-0.15, -0.1) is 5.10 Å². The number of fused-ring (bicyclic) bond motifs is 1. The maximum Gasteiger partial charge on any atom is 0.287 e. The summed E-state index contributed by atoms with van der Waals surface area (Å²) < 4.78 is 19.0. The molecule has 1 saturated carbocycles. The summed E-state index contributed by atoms with van der Waals surface area (Å²) in [7, 11) is 0. The Morgan fingerprint density at radius 2 is 2.04 bits per heavy atom. The molecule has 0 aromatic carbocycles. The zero-order valence-corrected chi connectivity index (χ0v) is 15.8. The van der Waals surface area contributed by atoms with Crippen molar-refractivity contribution in [2.24, 2.45) is 5.92 Å². The number of hydrogen-bond donors (Lipinski definition) is 1. The zero-order valence-electron chi connectivity index (χ0n) is 15.8. The van der Waals surface area contributed by atoms with Crippen LogP contribution in [-0.2, 0) is 15.9 Å². The van der Waals surface area contributed by atoms with Crippen molar-refractivity contribution >= 4 is 5.91 Å². The Balaban J connectivity index is 1.21. The number of aromatic nitrogens is 3. The predicted octanol–water partition coefficient (Wildman–Crippen LogP) is 2.13. The average molecular weight is 386 g/mol. The number of ether oxygens (including phenoxy) is 2. The molecule has 3 aliphatic rings. The summed E-state index contributed by atoms with van der Waals surface area (Å²) >= 11 is 0. The van der Waals surface area contributed by atoms with Crippen LogP contribution >= 0.6 is 0 Å². The molecule has 8 nitrogen and oxygen atoms in total. The lowest BCUT2D eigenvalue weighted by Crippen LogP contribution is -2.44. The molecule has 0 unspecified atom stereocenters. The molecular weight excluding hydrogens is 360 g/mol. The second kappa shape index (κ2) is 7.67. The van der Waals surface area contributed by atoms with Gasteiger partial charge in [0.25, 0.3) is 5.91 Å². The fourth-order valence-electron chi connectivity index (χ4n) is 4.73. The summed E-state index contributed by atoms with van der Waals surface area (Å²) in [4.78, 5) is 12.3. The second-order valence-corrected chi connectivity index (χ2v) is 8.12. The summed E-state index contributed by atoms with van der Waals surface area (Å²) in [5.74, 6) is 0.777. The van der Waals surface area contributed by atoms with Crippen molar-refractivity contribution in [1.82, 2.24) is 20.3 Å². The van der Waals surface area contributed by atoms with Gasteiger partial charge in [-0.1, -0.05) is 37.3 Å². The van der Waals surface area contributed by atoms with Gasteiger partial charge in [-0.3, -0.25) is 4.79 Å². The van der Waals surface area contributed by atoms with Crippen molar-refractivity contribution in [3.8, 4) is 0 Å². The van der Waals surface area contributed by atoms with Gasteiger partial charge >= 0.3 is 0 Å². The van der Waals surface area contributed by atoms with E-state index >= 15 is 0 Å². The zero-order chi connectivity index (χ0) is 18.9. The number of furan rings is 1. The summed E-state index contributed by atoms with van der Waals surface area (Å²) in [5, 5.41) is 11.7. The summed E-state index contributed by atoms with van der Waals surface area (Å²) in [6, 6.07) is 3.13. The van der Waals surface area contributed by atoms with E-state index in [9.17, 15) is 4.79 Å². The molecule has 0 bridgehead atoms. The van der Waals surface area contributed by atoms with Crippen LogP contribution in [0.5, 0.6) is 0 Å². The van der Waals surface area contributed by atoms with Gasteiger partial charge < -0.3 is 19.2 Å². The van der Waals surface area contributed by atoms with Crippen LogP contribution in [0.25, 0.3) is 0 Å². The fraction of sp³-hybridized carbons (Fsp3) is 0.650. The van der Waals surface area contributed by atoms with Crippen molar-refractivity contribution < 1.29 is 18.7 Å². The van der Waals surface area contributed by atoms with E-state index in [1.54, 1.807) is 12.1 Å². The Morgan fingerprint density at radius 1 is 1.18 bits per heavy atom. The molecule has 2 aliphatic heterocycles. The Morgan fingerprint density at radius 3 is 2.86 bits per heavy atom. The molecule has 1 aliphatic carbocycles. The molecule has 5 rings (SSSR count). The molecule has 4 atom stereocenters. The maximum atomic E-state index is 12.3. The first-order valence-corrected chi connectivity index (χ1v) is 10.3. The van der Waals surface area contributed by atoms with Crippen LogP contribution < -0.4 is 5.32 Å². The van der Waals surface area contributed by atoms with E-state index in [-0.39, 0.29) is 30.2 Å². The quantitative estimate of drug-likeness (QED) is 0.846. The molecule has 0 spiro atoms. The molecule has 2 saturated heterocycles. The van der Waals surface area contributed by atoms with Gasteiger partial charge in [0.15, 0.2) is 5.76 Å². The molecule has 1 amide bonds. The molecule has 2 aromatic rings. The van der Waals surface area contributed by atoms with Crippen LogP contribution in [0.15, 0.2) is 29.0 Å². The van der Waals surface area contributed by atoms with Gasteiger partial charge in [-0.2, -0.15) is 0 Å². The van der Waals surface area contributed by atoms with E-state index < -0.39 is 0 Å². The molecule has 3 fully saturated rings. The molecule has 4 heterocycles. The first-order valence-electron chi connectivity index (χ1n) is 10.3. The number of carbonyl (C=O) groups excluding carboxylic acids is 1. The van der Waals surface area contributed by atoms with Gasteiger partial charge in [0.2, 0.25) is 0 Å². The van der Waals surface area contributed by atoms with Crippen LogP contribution in [0.2, 0.25) is 0 Å². The highest BCUT2D eigenvalue weighted by Crippen LogP contribution is 2.34. The topological polar surface area (TPSA) is 91.4 Å². The number of hydrogen-bond acceptors (Lipinski definition) is 6. The van der Waals surface area contributed by atoms with E-state index in [1.165, 1.54) is 38.4 Å². The van der Waals surface area contributed by atoms with Gasteiger partial charge in [0, 0.05) is 6.20 Å². The van der Waals surface area contributed by atoms with Gasteiger partial charge in [0.05, 0.1) is 31.2 Å². The maximum absolute atomic E-state index is 12.3. The van der Waals surface area contributed by atoms with Crippen LogP contribution in [0.3, 0.4) is 0 Å². The standard InChI is InChI=1S/C20H26N4O4/c25-20(17-7-4-8-26-17)21-15-11-27-19-16(12-28-18(15)19)24-10-14(22-23-24)9-13-5-2-1-3-6-13/h4,7-8,10,13,15-16,18-19H,1-3,5-6,9,11-12H2,(H,21,25)/t15-,16-,18+,19+/m0/s1. The van der Waals surface area contributed by atoms with Crippen molar-refractivity contribution in [3.05, 3.63) is 36.0 Å². The summed E-state index contributed by atoms with van der Waals surface area (Å²) in [6.07, 6.45) is 10.8. The minimum atomic E-state index is -0.248. The third-order valence-corrected chi connectivity index (χ3v) is 6.21. The third-order valence-electron chi connectivity index (χ3n) is 6.21. The highest BCUT2D eigenvalue weighted by molar-refractivity contribution is 5.91. The normalized spacial score (nSPS) is 30.4. The first kappa shape index (κ1) is 17.9. The Hall–Kier alpha value is -2.19.